The molecule has 2 aromatic carbocycles. The van der Waals surface area contributed by atoms with Crippen molar-refractivity contribution >= 4 is 35.0 Å². The fourth-order valence-electron chi connectivity index (χ4n) is 1.97. The molecule has 2 amide bonds. The van der Waals surface area contributed by atoms with Gasteiger partial charge in [0.25, 0.3) is 0 Å². The van der Waals surface area contributed by atoms with Crippen molar-refractivity contribution in [3.05, 3.63) is 59.9 Å². The van der Waals surface area contributed by atoms with Crippen molar-refractivity contribution < 1.29 is 14.0 Å². The van der Waals surface area contributed by atoms with Crippen LogP contribution in [-0.2, 0) is 9.59 Å². The average molecular weight is 346 g/mol. The van der Waals surface area contributed by atoms with Gasteiger partial charge < -0.3 is 10.6 Å². The molecule has 4 nitrogen and oxygen atoms in total. The highest BCUT2D eigenvalue weighted by atomic mass is 32.2. The van der Waals surface area contributed by atoms with Crippen LogP contribution in [0.3, 0.4) is 0 Å². The van der Waals surface area contributed by atoms with Gasteiger partial charge in [0.05, 0.1) is 11.0 Å². The molecule has 0 aliphatic rings. The highest BCUT2D eigenvalue weighted by Gasteiger charge is 2.15. The summed E-state index contributed by atoms with van der Waals surface area (Å²) < 4.78 is 12.8. The Morgan fingerprint density at radius 3 is 2.46 bits per heavy atom. The van der Waals surface area contributed by atoms with Crippen LogP contribution in [0, 0.1) is 12.7 Å². The lowest BCUT2D eigenvalue weighted by Gasteiger charge is -2.12. The van der Waals surface area contributed by atoms with Crippen LogP contribution in [0.15, 0.2) is 48.5 Å². The van der Waals surface area contributed by atoms with Crippen LogP contribution in [0.2, 0.25) is 0 Å². The van der Waals surface area contributed by atoms with E-state index in [2.05, 4.69) is 10.6 Å². The predicted molar refractivity (Wildman–Crippen MR) is 96.8 cm³/mol. The number of aryl methyl sites for hydroxylation is 1. The van der Waals surface area contributed by atoms with Crippen molar-refractivity contribution in [1.29, 1.82) is 0 Å². The van der Waals surface area contributed by atoms with Crippen LogP contribution in [0.5, 0.6) is 0 Å². The van der Waals surface area contributed by atoms with E-state index >= 15 is 0 Å². The average Bonchev–Trinajstić information content (AvgIpc) is 2.54. The Bertz CT molecular complexity index is 719. The lowest BCUT2D eigenvalue weighted by Crippen LogP contribution is -2.25. The molecule has 0 saturated heterocycles. The summed E-state index contributed by atoms with van der Waals surface area (Å²) in [5, 5.41) is 5.12. The molecular weight excluding hydrogens is 327 g/mol. The summed E-state index contributed by atoms with van der Waals surface area (Å²) in [6.07, 6.45) is 0. The molecule has 6 heteroatoms. The molecule has 0 bridgehead atoms. The van der Waals surface area contributed by atoms with Crippen molar-refractivity contribution in [2.45, 2.75) is 19.1 Å². The summed E-state index contributed by atoms with van der Waals surface area (Å²) in [4.78, 5) is 24.0. The lowest BCUT2D eigenvalue weighted by molar-refractivity contribution is -0.115. The van der Waals surface area contributed by atoms with Crippen LogP contribution in [0.1, 0.15) is 12.5 Å². The zero-order valence-corrected chi connectivity index (χ0v) is 14.3. The van der Waals surface area contributed by atoms with Gasteiger partial charge in [0.2, 0.25) is 11.8 Å². The molecule has 1 atom stereocenters. The van der Waals surface area contributed by atoms with E-state index in [4.69, 9.17) is 0 Å². The van der Waals surface area contributed by atoms with Gasteiger partial charge in [0.1, 0.15) is 5.82 Å². The summed E-state index contributed by atoms with van der Waals surface area (Å²) in [6.45, 7) is 3.70. The van der Waals surface area contributed by atoms with Gasteiger partial charge >= 0.3 is 0 Å². The predicted octanol–water partition coefficient (Wildman–Crippen LogP) is 3.83. The Morgan fingerprint density at radius 2 is 1.79 bits per heavy atom. The first-order valence-electron chi connectivity index (χ1n) is 7.48. The molecule has 0 aliphatic carbocycles. The smallest absolute Gasteiger partial charge is 0.237 e. The molecule has 0 radical (unpaired) electrons. The molecule has 0 aromatic heterocycles. The first kappa shape index (κ1) is 18.0. The number of halogens is 1. The van der Waals surface area contributed by atoms with E-state index < -0.39 is 0 Å². The third kappa shape index (κ3) is 5.70. The molecule has 0 heterocycles. The molecule has 0 fully saturated rings. The monoisotopic (exact) mass is 346 g/mol. The summed E-state index contributed by atoms with van der Waals surface area (Å²) in [5.74, 6) is -0.606. The molecule has 24 heavy (non-hydrogen) atoms. The third-order valence-corrected chi connectivity index (χ3v) is 4.39. The minimum atomic E-state index is -0.371. The van der Waals surface area contributed by atoms with Crippen molar-refractivity contribution in [2.24, 2.45) is 0 Å². The van der Waals surface area contributed by atoms with E-state index in [0.29, 0.717) is 5.69 Å². The Balaban J connectivity index is 1.79. The van der Waals surface area contributed by atoms with Crippen LogP contribution >= 0.6 is 11.8 Å². The van der Waals surface area contributed by atoms with E-state index in [1.807, 2.05) is 31.2 Å². The molecule has 0 saturated carbocycles. The summed E-state index contributed by atoms with van der Waals surface area (Å²) in [7, 11) is 0. The standard InChI is InChI=1S/C18H19FN2O2S/c1-12-4-3-5-16(10-12)21-18(23)13(2)24-11-17(22)20-15-8-6-14(19)7-9-15/h3-10,13H,11H2,1-2H3,(H,20,22)(H,21,23). The number of carbonyl (C=O) groups is 2. The lowest BCUT2D eigenvalue weighted by atomic mass is 10.2. The van der Waals surface area contributed by atoms with Gasteiger partial charge in [-0.2, -0.15) is 0 Å². The van der Waals surface area contributed by atoms with Crippen LogP contribution < -0.4 is 10.6 Å². The molecular formula is C18H19FN2O2S. The van der Waals surface area contributed by atoms with Gasteiger partial charge in [-0.25, -0.2) is 4.39 Å². The Morgan fingerprint density at radius 1 is 1.08 bits per heavy atom. The maximum atomic E-state index is 12.8. The zero-order chi connectivity index (χ0) is 17.5. The second-order valence-electron chi connectivity index (χ2n) is 5.37. The number of nitrogens with one attached hydrogen (secondary N) is 2. The third-order valence-electron chi connectivity index (χ3n) is 3.25. The van der Waals surface area contributed by atoms with Gasteiger partial charge in [-0.3, -0.25) is 9.59 Å². The van der Waals surface area contributed by atoms with Crippen molar-refractivity contribution in [3.63, 3.8) is 0 Å². The summed E-state index contributed by atoms with van der Waals surface area (Å²) in [5.41, 5.74) is 2.33. The van der Waals surface area contributed by atoms with Crippen molar-refractivity contribution in [1.82, 2.24) is 0 Å². The second-order valence-corrected chi connectivity index (χ2v) is 6.70. The Kier molecular flexibility index (Phi) is 6.37. The molecule has 1 unspecified atom stereocenters. The highest BCUT2D eigenvalue weighted by molar-refractivity contribution is 8.01. The van der Waals surface area contributed by atoms with E-state index in [1.165, 1.54) is 36.0 Å². The number of anilines is 2. The van der Waals surface area contributed by atoms with E-state index in [9.17, 15) is 14.0 Å². The topological polar surface area (TPSA) is 58.2 Å². The summed E-state index contributed by atoms with van der Waals surface area (Å²) in [6, 6.07) is 13.1. The number of hydrogen-bond donors (Lipinski definition) is 2. The second kappa shape index (κ2) is 8.49. The highest BCUT2D eigenvalue weighted by Crippen LogP contribution is 2.16. The fraction of sp³-hybridized carbons (Fsp3) is 0.222. The van der Waals surface area contributed by atoms with Crippen molar-refractivity contribution in [2.75, 3.05) is 16.4 Å². The maximum Gasteiger partial charge on any atom is 0.237 e. The number of benzene rings is 2. The number of rotatable bonds is 6. The molecule has 2 N–H and O–H groups in total. The Labute approximate surface area is 144 Å². The summed E-state index contributed by atoms with van der Waals surface area (Å²) >= 11 is 1.24. The normalized spacial score (nSPS) is 11.6. The van der Waals surface area contributed by atoms with Gasteiger partial charge in [-0.1, -0.05) is 12.1 Å². The zero-order valence-electron chi connectivity index (χ0n) is 13.5. The molecule has 2 rings (SSSR count). The number of carbonyl (C=O) groups excluding carboxylic acids is 2. The Hall–Kier alpha value is -2.34. The van der Waals surface area contributed by atoms with E-state index in [0.717, 1.165) is 11.3 Å². The minimum Gasteiger partial charge on any atom is -0.325 e. The van der Waals surface area contributed by atoms with Crippen molar-refractivity contribution in [3.8, 4) is 0 Å². The molecule has 0 spiro atoms. The number of amides is 2. The van der Waals surface area contributed by atoms with E-state index in [-0.39, 0.29) is 28.6 Å². The van der Waals surface area contributed by atoms with Crippen LogP contribution in [0.4, 0.5) is 15.8 Å². The maximum absolute atomic E-state index is 12.8. The quantitative estimate of drug-likeness (QED) is 0.836. The SMILES string of the molecule is Cc1cccc(NC(=O)C(C)SCC(=O)Nc2ccc(F)cc2)c1. The molecule has 126 valence electrons. The number of hydrogen-bond acceptors (Lipinski definition) is 3. The first-order chi connectivity index (χ1) is 11.4. The van der Waals surface area contributed by atoms with Gasteiger partial charge in [0, 0.05) is 11.4 Å². The van der Waals surface area contributed by atoms with Crippen LogP contribution in [0.25, 0.3) is 0 Å². The minimum absolute atomic E-state index is 0.139. The first-order valence-corrected chi connectivity index (χ1v) is 8.53. The largest absolute Gasteiger partial charge is 0.325 e. The van der Waals surface area contributed by atoms with Gasteiger partial charge in [-0.05, 0) is 55.8 Å². The molecule has 2 aromatic rings. The number of thioether (sulfide) groups is 1. The van der Waals surface area contributed by atoms with E-state index in [1.54, 1.807) is 6.92 Å². The van der Waals surface area contributed by atoms with Crippen LogP contribution in [-0.4, -0.2) is 22.8 Å². The van der Waals surface area contributed by atoms with Gasteiger partial charge in [0.15, 0.2) is 0 Å². The van der Waals surface area contributed by atoms with Gasteiger partial charge in [-0.15, -0.1) is 11.8 Å². The fourth-order valence-corrected chi connectivity index (χ4v) is 2.66. The molecule has 0 aliphatic heterocycles.